The Morgan fingerprint density at radius 3 is 2.94 bits per heavy atom. The molecule has 5 heteroatoms. The van der Waals surface area contributed by atoms with Crippen LogP contribution in [0.3, 0.4) is 0 Å². The Kier molecular flexibility index (Phi) is 3.57. The minimum Gasteiger partial charge on any atom is -0.272 e. The van der Waals surface area contributed by atoms with Gasteiger partial charge in [-0.3, -0.25) is 9.78 Å². The van der Waals surface area contributed by atoms with Gasteiger partial charge in [-0.15, -0.1) is 0 Å². The molecule has 17 heavy (non-hydrogen) atoms. The van der Waals surface area contributed by atoms with Gasteiger partial charge in [0, 0.05) is 10.7 Å². The SMILES string of the molecule is CCC(C)C1=NN(c2cncc(Br)c2)C(=O)C1. The van der Waals surface area contributed by atoms with E-state index < -0.39 is 0 Å². The molecule has 0 saturated heterocycles. The first kappa shape index (κ1) is 12.2. The van der Waals surface area contributed by atoms with Crippen molar-refractivity contribution >= 4 is 33.2 Å². The Morgan fingerprint density at radius 2 is 2.29 bits per heavy atom. The lowest BCUT2D eigenvalue weighted by atomic mass is 10.0. The molecule has 0 bridgehead atoms. The highest BCUT2D eigenvalue weighted by atomic mass is 79.9. The molecule has 2 rings (SSSR count). The summed E-state index contributed by atoms with van der Waals surface area (Å²) < 4.78 is 0.843. The van der Waals surface area contributed by atoms with E-state index in [2.05, 4.69) is 39.9 Å². The lowest BCUT2D eigenvalue weighted by molar-refractivity contribution is -0.116. The summed E-state index contributed by atoms with van der Waals surface area (Å²) in [7, 11) is 0. The Bertz CT molecular complexity index is 473. The van der Waals surface area contributed by atoms with Gasteiger partial charge >= 0.3 is 0 Å². The van der Waals surface area contributed by atoms with Crippen LogP contribution in [-0.2, 0) is 4.79 Å². The predicted molar refractivity (Wildman–Crippen MR) is 70.9 cm³/mol. The highest BCUT2D eigenvalue weighted by molar-refractivity contribution is 9.10. The van der Waals surface area contributed by atoms with Gasteiger partial charge in [-0.05, 0) is 34.3 Å². The van der Waals surface area contributed by atoms with Gasteiger partial charge in [0.15, 0.2) is 0 Å². The maximum Gasteiger partial charge on any atom is 0.253 e. The molecule has 1 amide bonds. The topological polar surface area (TPSA) is 45.6 Å². The number of carbonyl (C=O) groups is 1. The zero-order valence-electron chi connectivity index (χ0n) is 9.85. The summed E-state index contributed by atoms with van der Waals surface area (Å²) in [5.41, 5.74) is 1.67. The van der Waals surface area contributed by atoms with Gasteiger partial charge in [-0.1, -0.05) is 13.8 Å². The van der Waals surface area contributed by atoms with Crippen LogP contribution in [0.2, 0.25) is 0 Å². The van der Waals surface area contributed by atoms with E-state index in [1.165, 1.54) is 5.01 Å². The smallest absolute Gasteiger partial charge is 0.253 e. The number of anilines is 1. The average Bonchev–Trinajstić information content (AvgIpc) is 2.70. The molecule has 0 fully saturated rings. The zero-order valence-corrected chi connectivity index (χ0v) is 11.4. The number of carbonyl (C=O) groups excluding carboxylic acids is 1. The molecule has 90 valence electrons. The van der Waals surface area contributed by atoms with Crippen molar-refractivity contribution in [1.82, 2.24) is 4.98 Å². The fourth-order valence-corrected chi connectivity index (χ4v) is 2.03. The normalized spacial score (nSPS) is 17.2. The van der Waals surface area contributed by atoms with E-state index in [0.29, 0.717) is 18.0 Å². The summed E-state index contributed by atoms with van der Waals surface area (Å²) in [6, 6.07) is 1.84. The third kappa shape index (κ3) is 2.54. The number of rotatable bonds is 3. The Balaban J connectivity index is 2.28. The first-order chi connectivity index (χ1) is 8.11. The maximum absolute atomic E-state index is 11.9. The van der Waals surface area contributed by atoms with Crippen molar-refractivity contribution in [3.63, 3.8) is 0 Å². The Morgan fingerprint density at radius 1 is 1.53 bits per heavy atom. The van der Waals surface area contributed by atoms with Gasteiger partial charge in [-0.2, -0.15) is 10.1 Å². The van der Waals surface area contributed by atoms with Crippen molar-refractivity contribution < 1.29 is 4.79 Å². The van der Waals surface area contributed by atoms with Gasteiger partial charge in [-0.25, -0.2) is 0 Å². The Labute approximate surface area is 109 Å². The minimum atomic E-state index is 0.0141. The van der Waals surface area contributed by atoms with Crippen LogP contribution < -0.4 is 5.01 Å². The van der Waals surface area contributed by atoms with Gasteiger partial charge in [0.1, 0.15) is 0 Å². The second-order valence-electron chi connectivity index (χ2n) is 4.14. The predicted octanol–water partition coefficient (Wildman–Crippen LogP) is 2.98. The molecule has 0 aliphatic carbocycles. The van der Waals surface area contributed by atoms with Crippen LogP contribution in [0.4, 0.5) is 5.69 Å². The largest absolute Gasteiger partial charge is 0.272 e. The summed E-state index contributed by atoms with van der Waals surface area (Å²) in [6.45, 7) is 4.19. The van der Waals surface area contributed by atoms with Crippen LogP contribution in [0.5, 0.6) is 0 Å². The van der Waals surface area contributed by atoms with E-state index in [4.69, 9.17) is 0 Å². The molecule has 0 saturated carbocycles. The molecule has 1 aliphatic heterocycles. The van der Waals surface area contributed by atoms with E-state index in [-0.39, 0.29) is 5.91 Å². The van der Waals surface area contributed by atoms with E-state index in [1.54, 1.807) is 12.4 Å². The summed E-state index contributed by atoms with van der Waals surface area (Å²) in [5, 5.41) is 5.83. The fraction of sp³-hybridized carbons (Fsp3) is 0.417. The molecule has 4 nitrogen and oxygen atoms in total. The van der Waals surface area contributed by atoms with Crippen molar-refractivity contribution in [2.75, 3.05) is 5.01 Å². The number of hydrogen-bond acceptors (Lipinski definition) is 3. The summed E-state index contributed by atoms with van der Waals surface area (Å²) in [6.07, 6.45) is 4.74. The summed E-state index contributed by atoms with van der Waals surface area (Å²) in [4.78, 5) is 15.9. The molecule has 0 N–H and O–H groups in total. The van der Waals surface area contributed by atoms with Crippen LogP contribution in [0.15, 0.2) is 28.0 Å². The minimum absolute atomic E-state index is 0.0141. The molecule has 1 atom stereocenters. The highest BCUT2D eigenvalue weighted by Crippen LogP contribution is 2.25. The molecule has 1 aliphatic rings. The molecule has 1 aromatic heterocycles. The number of halogens is 1. The van der Waals surface area contributed by atoms with Gasteiger partial charge in [0.25, 0.3) is 5.91 Å². The molecule has 1 aromatic rings. The monoisotopic (exact) mass is 295 g/mol. The number of pyridine rings is 1. The second-order valence-corrected chi connectivity index (χ2v) is 5.06. The lowest BCUT2D eigenvalue weighted by Crippen LogP contribution is -2.19. The second kappa shape index (κ2) is 4.96. The molecule has 0 radical (unpaired) electrons. The van der Waals surface area contributed by atoms with Crippen molar-refractivity contribution in [2.45, 2.75) is 26.7 Å². The molecule has 0 aromatic carbocycles. The van der Waals surface area contributed by atoms with Crippen LogP contribution in [0, 0.1) is 5.92 Å². The van der Waals surface area contributed by atoms with Crippen LogP contribution in [-0.4, -0.2) is 16.6 Å². The molecular formula is C12H14BrN3O. The third-order valence-corrected chi connectivity index (χ3v) is 3.35. The number of aromatic nitrogens is 1. The molecule has 0 spiro atoms. The quantitative estimate of drug-likeness (QED) is 0.860. The third-order valence-electron chi connectivity index (χ3n) is 2.91. The number of hydrazone groups is 1. The van der Waals surface area contributed by atoms with Crippen molar-refractivity contribution in [2.24, 2.45) is 11.0 Å². The van der Waals surface area contributed by atoms with E-state index in [9.17, 15) is 4.79 Å². The van der Waals surface area contributed by atoms with E-state index >= 15 is 0 Å². The van der Waals surface area contributed by atoms with Gasteiger partial charge in [0.05, 0.1) is 24.0 Å². The number of amides is 1. The van der Waals surface area contributed by atoms with E-state index in [1.807, 2.05) is 6.07 Å². The summed E-state index contributed by atoms with van der Waals surface area (Å²) in [5.74, 6) is 0.365. The Hall–Kier alpha value is -1.23. The first-order valence-corrected chi connectivity index (χ1v) is 6.42. The van der Waals surface area contributed by atoms with Gasteiger partial charge in [0.2, 0.25) is 0 Å². The average molecular weight is 296 g/mol. The zero-order chi connectivity index (χ0) is 12.4. The number of nitrogens with zero attached hydrogens (tertiary/aromatic N) is 3. The maximum atomic E-state index is 11.9. The summed E-state index contributed by atoms with van der Waals surface area (Å²) >= 11 is 3.34. The van der Waals surface area contributed by atoms with Crippen LogP contribution in [0.25, 0.3) is 0 Å². The molecular weight excluding hydrogens is 282 g/mol. The highest BCUT2D eigenvalue weighted by Gasteiger charge is 2.27. The first-order valence-electron chi connectivity index (χ1n) is 5.62. The van der Waals surface area contributed by atoms with E-state index in [0.717, 1.165) is 16.6 Å². The standard InChI is InChI=1S/C12H14BrN3O/c1-3-8(2)11-5-12(17)16(15-11)10-4-9(13)6-14-7-10/h4,6-8H,3,5H2,1-2H3. The lowest BCUT2D eigenvalue weighted by Gasteiger charge is -2.11. The number of hydrogen-bond donors (Lipinski definition) is 0. The molecule has 1 unspecified atom stereocenters. The molecule has 2 heterocycles. The van der Waals surface area contributed by atoms with Crippen molar-refractivity contribution in [3.05, 3.63) is 22.9 Å². The van der Waals surface area contributed by atoms with Crippen molar-refractivity contribution in [3.8, 4) is 0 Å². The fourth-order valence-electron chi connectivity index (χ4n) is 1.68. The van der Waals surface area contributed by atoms with Crippen LogP contribution in [0.1, 0.15) is 26.7 Å². The van der Waals surface area contributed by atoms with Gasteiger partial charge < -0.3 is 0 Å². The van der Waals surface area contributed by atoms with Crippen LogP contribution >= 0.6 is 15.9 Å². The van der Waals surface area contributed by atoms with Crippen molar-refractivity contribution in [1.29, 1.82) is 0 Å².